The highest BCUT2D eigenvalue weighted by Gasteiger charge is 2.15. The van der Waals surface area contributed by atoms with Crippen LogP contribution < -0.4 is 5.32 Å². The lowest BCUT2D eigenvalue weighted by Crippen LogP contribution is -2.28. The number of amides is 1. The highest BCUT2D eigenvalue weighted by atomic mass is 16.1. The minimum Gasteiger partial charge on any atom is -0.345 e. The fourth-order valence-corrected chi connectivity index (χ4v) is 2.64. The van der Waals surface area contributed by atoms with Crippen LogP contribution >= 0.6 is 0 Å². The highest BCUT2D eigenvalue weighted by Crippen LogP contribution is 2.20. The maximum Gasteiger partial charge on any atom is 0.252 e. The second kappa shape index (κ2) is 6.39. The molecule has 110 valence electrons. The molecule has 0 bridgehead atoms. The van der Waals surface area contributed by atoms with E-state index in [9.17, 15) is 4.79 Å². The summed E-state index contributed by atoms with van der Waals surface area (Å²) in [5.74, 6) is -0.0608. The summed E-state index contributed by atoms with van der Waals surface area (Å²) >= 11 is 0. The standard InChI is InChI=1S/C19H18N2O/c1-2-17(14-8-4-3-5-9-14)21-19(22)16-12-13-20-18-11-7-6-10-15(16)18/h3-13,17H,2H2,1H3,(H,21,22)/t17-/m0/s1. The van der Waals surface area contributed by atoms with E-state index in [0.29, 0.717) is 5.56 Å². The van der Waals surface area contributed by atoms with Crippen LogP contribution in [0.2, 0.25) is 0 Å². The Bertz CT molecular complexity index is 778. The maximum atomic E-state index is 12.7. The summed E-state index contributed by atoms with van der Waals surface area (Å²) < 4.78 is 0. The number of nitrogens with zero attached hydrogens (tertiary/aromatic N) is 1. The molecule has 1 N–H and O–H groups in total. The van der Waals surface area contributed by atoms with Crippen molar-refractivity contribution in [2.24, 2.45) is 0 Å². The van der Waals surface area contributed by atoms with Gasteiger partial charge in [0.2, 0.25) is 0 Å². The predicted molar refractivity (Wildman–Crippen MR) is 88.7 cm³/mol. The molecule has 1 amide bonds. The summed E-state index contributed by atoms with van der Waals surface area (Å²) in [5.41, 5.74) is 2.62. The molecule has 0 spiro atoms. The molecule has 3 nitrogen and oxygen atoms in total. The normalized spacial score (nSPS) is 12.0. The molecule has 0 aliphatic carbocycles. The van der Waals surface area contributed by atoms with Gasteiger partial charge in [0.1, 0.15) is 0 Å². The predicted octanol–water partition coefficient (Wildman–Crippen LogP) is 4.12. The van der Waals surface area contributed by atoms with Crippen LogP contribution in [-0.2, 0) is 0 Å². The largest absolute Gasteiger partial charge is 0.345 e. The first-order valence-electron chi connectivity index (χ1n) is 7.49. The molecule has 0 radical (unpaired) electrons. The Morgan fingerprint density at radius 1 is 1.05 bits per heavy atom. The molecule has 0 aliphatic heterocycles. The lowest BCUT2D eigenvalue weighted by molar-refractivity contribution is 0.0937. The summed E-state index contributed by atoms with van der Waals surface area (Å²) in [5, 5.41) is 4.00. The van der Waals surface area contributed by atoms with E-state index in [1.54, 1.807) is 12.3 Å². The number of hydrogen-bond donors (Lipinski definition) is 1. The van der Waals surface area contributed by atoms with Gasteiger partial charge in [-0.15, -0.1) is 0 Å². The van der Waals surface area contributed by atoms with Gasteiger partial charge in [-0.1, -0.05) is 55.5 Å². The fourth-order valence-electron chi connectivity index (χ4n) is 2.64. The van der Waals surface area contributed by atoms with E-state index < -0.39 is 0 Å². The Morgan fingerprint density at radius 2 is 1.77 bits per heavy atom. The van der Waals surface area contributed by atoms with Gasteiger partial charge in [0, 0.05) is 11.6 Å². The fraction of sp³-hybridized carbons (Fsp3) is 0.158. The lowest BCUT2D eigenvalue weighted by Gasteiger charge is -2.18. The topological polar surface area (TPSA) is 42.0 Å². The van der Waals surface area contributed by atoms with Crippen LogP contribution in [-0.4, -0.2) is 10.9 Å². The summed E-state index contributed by atoms with van der Waals surface area (Å²) in [6.07, 6.45) is 2.53. The zero-order valence-corrected chi connectivity index (χ0v) is 12.5. The average Bonchev–Trinajstić information content (AvgIpc) is 2.59. The molecule has 1 aromatic heterocycles. The van der Waals surface area contributed by atoms with Crippen molar-refractivity contribution in [2.75, 3.05) is 0 Å². The van der Waals surface area contributed by atoms with Crippen molar-refractivity contribution < 1.29 is 4.79 Å². The molecule has 2 aromatic carbocycles. The number of rotatable bonds is 4. The molecule has 0 aliphatic rings. The molecule has 0 saturated heterocycles. The van der Waals surface area contributed by atoms with Crippen molar-refractivity contribution in [2.45, 2.75) is 19.4 Å². The SMILES string of the molecule is CC[C@H](NC(=O)c1ccnc2ccccc12)c1ccccc1. The summed E-state index contributed by atoms with van der Waals surface area (Å²) in [7, 11) is 0. The van der Waals surface area contributed by atoms with Crippen LogP contribution in [0.4, 0.5) is 0 Å². The quantitative estimate of drug-likeness (QED) is 0.785. The third-order valence-corrected chi connectivity index (χ3v) is 3.81. The number of pyridine rings is 1. The van der Waals surface area contributed by atoms with Crippen LogP contribution in [0.25, 0.3) is 10.9 Å². The smallest absolute Gasteiger partial charge is 0.252 e. The van der Waals surface area contributed by atoms with E-state index in [1.807, 2.05) is 54.6 Å². The highest BCUT2D eigenvalue weighted by molar-refractivity contribution is 6.06. The molecule has 3 aromatic rings. The maximum absolute atomic E-state index is 12.7. The molecule has 0 fully saturated rings. The Morgan fingerprint density at radius 3 is 2.55 bits per heavy atom. The van der Waals surface area contributed by atoms with Crippen molar-refractivity contribution in [1.29, 1.82) is 0 Å². The van der Waals surface area contributed by atoms with Crippen LogP contribution in [0.5, 0.6) is 0 Å². The molecule has 1 atom stereocenters. The Labute approximate surface area is 130 Å². The minimum atomic E-state index is -0.0608. The Hall–Kier alpha value is -2.68. The number of fused-ring (bicyclic) bond motifs is 1. The van der Waals surface area contributed by atoms with Gasteiger partial charge in [0.25, 0.3) is 5.91 Å². The molecule has 0 saturated carbocycles. The number of nitrogens with one attached hydrogen (secondary N) is 1. The van der Waals surface area contributed by atoms with Crippen LogP contribution in [0, 0.1) is 0 Å². The molecule has 0 unspecified atom stereocenters. The van der Waals surface area contributed by atoms with E-state index in [4.69, 9.17) is 0 Å². The van der Waals surface area contributed by atoms with Gasteiger partial charge in [0.15, 0.2) is 0 Å². The van der Waals surface area contributed by atoms with E-state index in [-0.39, 0.29) is 11.9 Å². The van der Waals surface area contributed by atoms with Gasteiger partial charge in [-0.25, -0.2) is 0 Å². The average molecular weight is 290 g/mol. The summed E-state index contributed by atoms with van der Waals surface area (Å²) in [4.78, 5) is 17.0. The number of hydrogen-bond acceptors (Lipinski definition) is 2. The zero-order chi connectivity index (χ0) is 15.4. The number of carbonyl (C=O) groups excluding carboxylic acids is 1. The molecular formula is C19H18N2O. The molecule has 3 rings (SSSR count). The molecule has 22 heavy (non-hydrogen) atoms. The van der Waals surface area contributed by atoms with Gasteiger partial charge >= 0.3 is 0 Å². The van der Waals surface area contributed by atoms with E-state index in [0.717, 1.165) is 22.9 Å². The monoisotopic (exact) mass is 290 g/mol. The van der Waals surface area contributed by atoms with Crippen molar-refractivity contribution >= 4 is 16.8 Å². The van der Waals surface area contributed by atoms with Crippen molar-refractivity contribution in [3.05, 3.63) is 78.0 Å². The third kappa shape index (κ3) is 2.84. The minimum absolute atomic E-state index is 0.0145. The molecule has 1 heterocycles. The molecular weight excluding hydrogens is 272 g/mol. The number of benzene rings is 2. The molecule has 3 heteroatoms. The Balaban J connectivity index is 1.90. The van der Waals surface area contributed by atoms with E-state index in [2.05, 4.69) is 17.2 Å². The number of carbonyl (C=O) groups is 1. The van der Waals surface area contributed by atoms with Gasteiger partial charge in [-0.3, -0.25) is 9.78 Å². The first-order valence-corrected chi connectivity index (χ1v) is 7.49. The van der Waals surface area contributed by atoms with Gasteiger partial charge in [0.05, 0.1) is 17.1 Å². The van der Waals surface area contributed by atoms with E-state index >= 15 is 0 Å². The first kappa shape index (κ1) is 14.3. The summed E-state index contributed by atoms with van der Waals surface area (Å²) in [6.45, 7) is 2.07. The van der Waals surface area contributed by atoms with Gasteiger partial charge in [-0.05, 0) is 24.1 Å². The van der Waals surface area contributed by atoms with Crippen molar-refractivity contribution in [3.63, 3.8) is 0 Å². The number of aromatic nitrogens is 1. The summed E-state index contributed by atoms with van der Waals surface area (Å²) in [6, 6.07) is 19.5. The first-order chi connectivity index (χ1) is 10.8. The Kier molecular flexibility index (Phi) is 4.15. The zero-order valence-electron chi connectivity index (χ0n) is 12.5. The lowest BCUT2D eigenvalue weighted by atomic mass is 10.0. The van der Waals surface area contributed by atoms with Crippen molar-refractivity contribution in [3.8, 4) is 0 Å². The second-order valence-corrected chi connectivity index (χ2v) is 5.22. The van der Waals surface area contributed by atoms with Gasteiger partial charge < -0.3 is 5.32 Å². The van der Waals surface area contributed by atoms with Gasteiger partial charge in [-0.2, -0.15) is 0 Å². The van der Waals surface area contributed by atoms with Crippen LogP contribution in [0.15, 0.2) is 66.9 Å². The van der Waals surface area contributed by atoms with Crippen LogP contribution in [0.3, 0.4) is 0 Å². The van der Waals surface area contributed by atoms with E-state index in [1.165, 1.54) is 0 Å². The van der Waals surface area contributed by atoms with Crippen molar-refractivity contribution in [1.82, 2.24) is 10.3 Å². The van der Waals surface area contributed by atoms with Crippen LogP contribution in [0.1, 0.15) is 35.3 Å². The number of para-hydroxylation sites is 1. The third-order valence-electron chi connectivity index (χ3n) is 3.81. The second-order valence-electron chi connectivity index (χ2n) is 5.22.